The summed E-state index contributed by atoms with van der Waals surface area (Å²) in [4.78, 5) is 0.464. The van der Waals surface area contributed by atoms with E-state index < -0.39 is 20.9 Å². The molecule has 0 heterocycles. The molecule has 0 bridgehead atoms. The summed E-state index contributed by atoms with van der Waals surface area (Å²) in [5.41, 5.74) is 0. The molecular formula is C7H19Cl2PSSi2. The smallest absolute Gasteiger partial charge is 0.0692 e. The van der Waals surface area contributed by atoms with E-state index in [4.69, 9.17) is 34.3 Å². The van der Waals surface area contributed by atoms with Crippen LogP contribution in [0.3, 0.4) is 0 Å². The molecule has 0 aromatic carbocycles. The molecule has 0 spiro atoms. The topological polar surface area (TPSA) is 0 Å². The van der Waals surface area contributed by atoms with E-state index in [0.29, 0.717) is 4.91 Å². The summed E-state index contributed by atoms with van der Waals surface area (Å²) in [6.45, 7) is 13.9. The van der Waals surface area contributed by atoms with E-state index in [9.17, 15) is 0 Å². The minimum atomic E-state index is -2.12. The van der Waals surface area contributed by atoms with Crippen LogP contribution < -0.4 is 0 Å². The molecule has 0 aromatic heterocycles. The van der Waals surface area contributed by atoms with Crippen molar-refractivity contribution in [3.8, 4) is 0 Å². The normalized spacial score (nSPS) is 15.2. The van der Waals surface area contributed by atoms with Gasteiger partial charge in [0.1, 0.15) is 4.74 Å². The molecule has 0 unspecified atom stereocenters. The van der Waals surface area contributed by atoms with Crippen molar-refractivity contribution < 1.29 is 0 Å². The second-order valence-electron chi connectivity index (χ2n) is 5.64. The van der Waals surface area contributed by atoms with Gasteiger partial charge in [0.2, 0.25) is 0 Å². The molecule has 0 aliphatic rings. The van der Waals surface area contributed by atoms with Crippen molar-refractivity contribution in [3.63, 3.8) is 0 Å². The quantitative estimate of drug-likeness (QED) is 0.527. The molecule has 0 amide bonds. The van der Waals surface area contributed by atoms with E-state index in [1.807, 2.05) is 0 Å². The third-order valence-electron chi connectivity index (χ3n) is 1.94. The Kier molecular flexibility index (Phi) is 4.81. The largest absolute Gasteiger partial charge is 0.118 e. The Morgan fingerprint density at radius 2 is 1.15 bits per heavy atom. The molecular weight excluding hydrogens is 274 g/mol. The van der Waals surface area contributed by atoms with E-state index >= 15 is 0 Å². The summed E-state index contributed by atoms with van der Waals surface area (Å²) in [5, 5.41) is 0. The van der Waals surface area contributed by atoms with E-state index in [0.717, 1.165) is 0 Å². The van der Waals surface area contributed by atoms with Crippen molar-refractivity contribution in [2.75, 3.05) is 0 Å². The van der Waals surface area contributed by atoms with E-state index in [2.05, 4.69) is 39.3 Å². The lowest BCUT2D eigenvalue weighted by atomic mass is 11.7. The molecule has 0 radical (unpaired) electrons. The highest BCUT2D eigenvalue weighted by Gasteiger charge is 2.45. The highest BCUT2D eigenvalue weighted by atomic mass is 35.9. The molecule has 0 aliphatic heterocycles. The van der Waals surface area contributed by atoms with Crippen LogP contribution in [0.15, 0.2) is 0 Å². The monoisotopic (exact) mass is 292 g/mol. The molecule has 80 valence electrons. The molecule has 0 aromatic rings. The molecule has 0 saturated heterocycles. The standard InChI is InChI=1S/C7H19Cl2PSSi2/c1-12(2,3)7(10(8,9)11)13(4,5)6/h7H,1-6H3. The zero-order chi connectivity index (χ0) is 11.1. The van der Waals surface area contributed by atoms with Crippen molar-refractivity contribution in [2.45, 2.75) is 44.2 Å². The number of halogens is 2. The number of hydrogen-bond donors (Lipinski definition) is 0. The molecule has 0 atom stereocenters. The van der Waals surface area contributed by atoms with Crippen LogP contribution >= 0.6 is 27.2 Å². The summed E-state index contributed by atoms with van der Waals surface area (Å²) < 4.78 is -2.12. The van der Waals surface area contributed by atoms with Crippen LogP contribution in [0.25, 0.3) is 0 Å². The average molecular weight is 293 g/mol. The molecule has 0 N–H and O–H groups in total. The Morgan fingerprint density at radius 3 is 1.15 bits per heavy atom. The highest BCUT2D eigenvalue weighted by molar-refractivity contribution is 8.40. The third-order valence-corrected chi connectivity index (χ3v) is 22.9. The highest BCUT2D eigenvalue weighted by Crippen LogP contribution is 2.65. The lowest BCUT2D eigenvalue weighted by molar-refractivity contribution is 1.46. The van der Waals surface area contributed by atoms with Crippen LogP contribution in [0, 0.1) is 0 Å². The Labute approximate surface area is 99.0 Å². The number of hydrogen-bond acceptors (Lipinski definition) is 1. The van der Waals surface area contributed by atoms with Gasteiger partial charge in [-0.2, -0.15) is 0 Å². The van der Waals surface area contributed by atoms with Crippen LogP contribution in [0.1, 0.15) is 0 Å². The van der Waals surface area contributed by atoms with Crippen LogP contribution in [-0.2, 0) is 11.8 Å². The fourth-order valence-electron chi connectivity index (χ4n) is 2.20. The van der Waals surface area contributed by atoms with Crippen molar-refractivity contribution in [2.24, 2.45) is 0 Å². The Bertz CT molecular complexity index is 212. The van der Waals surface area contributed by atoms with Gasteiger partial charge in [0.05, 0.1) is 16.1 Å². The van der Waals surface area contributed by atoms with Crippen molar-refractivity contribution in [3.05, 3.63) is 0 Å². The molecule has 0 aliphatic carbocycles. The summed E-state index contributed by atoms with van der Waals surface area (Å²) in [6, 6.07) is 0. The van der Waals surface area contributed by atoms with Crippen LogP contribution in [0.5, 0.6) is 0 Å². The summed E-state index contributed by atoms with van der Waals surface area (Å²) in [5.74, 6) is 0. The van der Waals surface area contributed by atoms with Gasteiger partial charge in [-0.05, 0) is 0 Å². The van der Waals surface area contributed by atoms with Gasteiger partial charge < -0.3 is 0 Å². The first-order valence-electron chi connectivity index (χ1n) is 4.36. The Hall–Kier alpha value is 1.66. The van der Waals surface area contributed by atoms with Gasteiger partial charge in [-0.3, -0.25) is 0 Å². The molecule has 0 fully saturated rings. The lowest BCUT2D eigenvalue weighted by Gasteiger charge is -2.40. The maximum atomic E-state index is 6.23. The van der Waals surface area contributed by atoms with Gasteiger partial charge in [0, 0.05) is 4.91 Å². The third kappa shape index (κ3) is 4.81. The minimum Gasteiger partial charge on any atom is -0.0692 e. The maximum absolute atomic E-state index is 6.23. The van der Waals surface area contributed by atoms with Crippen LogP contribution in [-0.4, -0.2) is 21.1 Å². The average Bonchev–Trinajstić information content (AvgIpc) is 1.44. The minimum absolute atomic E-state index is 0.464. The van der Waals surface area contributed by atoms with Crippen molar-refractivity contribution in [1.29, 1.82) is 0 Å². The lowest BCUT2D eigenvalue weighted by Crippen LogP contribution is -2.52. The van der Waals surface area contributed by atoms with Gasteiger partial charge in [-0.15, -0.1) is 0 Å². The SMILES string of the molecule is C[Si](C)(C)C([Si](C)(C)C)P(=S)(Cl)Cl. The molecule has 13 heavy (non-hydrogen) atoms. The first-order valence-corrected chi connectivity index (χ1v) is 16.2. The van der Waals surface area contributed by atoms with Gasteiger partial charge in [-0.1, -0.05) is 73.6 Å². The predicted octanol–water partition coefficient (Wildman–Crippen LogP) is 4.90. The van der Waals surface area contributed by atoms with Gasteiger partial charge in [-0.25, -0.2) is 0 Å². The zero-order valence-corrected chi connectivity index (χ0v) is 14.4. The summed E-state index contributed by atoms with van der Waals surface area (Å²) >= 11 is 17.8. The van der Waals surface area contributed by atoms with Gasteiger partial charge >= 0.3 is 0 Å². The molecule has 0 nitrogen and oxygen atoms in total. The zero-order valence-electron chi connectivity index (χ0n) is 9.19. The molecule has 0 rings (SSSR count). The molecule has 0 saturated carbocycles. The Morgan fingerprint density at radius 1 is 0.923 bits per heavy atom. The summed E-state index contributed by atoms with van der Waals surface area (Å²) in [6.07, 6.45) is 0. The van der Waals surface area contributed by atoms with Gasteiger partial charge in [0.15, 0.2) is 0 Å². The van der Waals surface area contributed by atoms with E-state index in [1.165, 1.54) is 0 Å². The van der Waals surface area contributed by atoms with E-state index in [1.54, 1.807) is 0 Å². The molecule has 6 heteroatoms. The first kappa shape index (κ1) is 14.7. The van der Waals surface area contributed by atoms with Crippen molar-refractivity contribution in [1.82, 2.24) is 0 Å². The predicted molar refractivity (Wildman–Crippen MR) is 76.5 cm³/mol. The van der Waals surface area contributed by atoms with Crippen LogP contribution in [0.4, 0.5) is 0 Å². The van der Waals surface area contributed by atoms with Crippen molar-refractivity contribution >= 4 is 55.2 Å². The van der Waals surface area contributed by atoms with Crippen LogP contribution in [0.2, 0.25) is 39.3 Å². The maximum Gasteiger partial charge on any atom is 0.118 e. The summed E-state index contributed by atoms with van der Waals surface area (Å²) in [7, 11) is -2.63. The second-order valence-corrected chi connectivity index (χ2v) is 26.0. The number of rotatable bonds is 3. The fourth-order valence-corrected chi connectivity index (χ4v) is 36.0. The second kappa shape index (κ2) is 4.27. The first-order chi connectivity index (χ1) is 5.37. The fraction of sp³-hybridized carbons (Fsp3) is 1.00. The Balaban J connectivity index is 5.15. The van der Waals surface area contributed by atoms with E-state index in [-0.39, 0.29) is 0 Å². The van der Waals surface area contributed by atoms with Gasteiger partial charge in [0.25, 0.3) is 0 Å².